The third-order valence-corrected chi connectivity index (χ3v) is 5.60. The topological polar surface area (TPSA) is 51.7 Å². The number of rotatable bonds is 9. The van der Waals surface area contributed by atoms with Crippen LogP contribution in [0.3, 0.4) is 0 Å². The van der Waals surface area contributed by atoms with E-state index in [1.807, 2.05) is 53.9 Å². The number of benzene rings is 2. The zero-order valence-electron chi connectivity index (χ0n) is 17.5. The summed E-state index contributed by atoms with van der Waals surface area (Å²) >= 11 is 1.41. The van der Waals surface area contributed by atoms with E-state index < -0.39 is 0 Å². The number of carbonyl (C=O) groups excluding carboxylic acids is 1. The van der Waals surface area contributed by atoms with Crippen LogP contribution in [0.5, 0.6) is 11.5 Å². The molecule has 0 unspecified atom stereocenters. The molecule has 0 atom stereocenters. The van der Waals surface area contributed by atoms with Crippen molar-refractivity contribution in [1.29, 1.82) is 0 Å². The summed E-state index contributed by atoms with van der Waals surface area (Å²) in [6, 6.07) is 15.2. The molecule has 5 nitrogen and oxygen atoms in total. The molecule has 0 aliphatic carbocycles. The van der Waals surface area contributed by atoms with Gasteiger partial charge in [-0.3, -0.25) is 9.69 Å². The second-order valence-electron chi connectivity index (χ2n) is 6.67. The highest BCUT2D eigenvalue weighted by atomic mass is 32.1. The Balaban J connectivity index is 1.87. The molecular formula is C24H26N2O3S. The molecule has 0 radical (unpaired) electrons. The fourth-order valence-corrected chi connectivity index (χ4v) is 3.86. The largest absolute Gasteiger partial charge is 0.497 e. The number of carbonyl (C=O) groups is 1. The Kier molecular flexibility index (Phi) is 7.25. The van der Waals surface area contributed by atoms with Crippen LogP contribution in [0.2, 0.25) is 0 Å². The number of nitrogens with zero attached hydrogens (tertiary/aromatic N) is 2. The minimum absolute atomic E-state index is 0.188. The molecule has 3 rings (SSSR count). The molecule has 3 aromatic rings. The van der Waals surface area contributed by atoms with Crippen LogP contribution in [0.15, 0.2) is 66.6 Å². The molecule has 0 N–H and O–H groups in total. The molecule has 0 spiro atoms. The van der Waals surface area contributed by atoms with Crippen LogP contribution in [0, 0.1) is 0 Å². The molecule has 2 aromatic carbocycles. The maximum absolute atomic E-state index is 12.6. The number of aromatic nitrogens is 1. The highest BCUT2D eigenvalue weighted by Gasteiger charge is 2.20. The fourth-order valence-electron chi connectivity index (χ4n) is 3.01. The van der Waals surface area contributed by atoms with Crippen LogP contribution in [-0.2, 0) is 4.79 Å². The van der Waals surface area contributed by atoms with Gasteiger partial charge < -0.3 is 9.47 Å². The van der Waals surface area contributed by atoms with E-state index in [0.29, 0.717) is 10.8 Å². The van der Waals surface area contributed by atoms with Gasteiger partial charge in [-0.2, -0.15) is 0 Å². The normalized spacial score (nSPS) is 10.7. The predicted octanol–water partition coefficient (Wildman–Crippen LogP) is 6.24. The monoisotopic (exact) mass is 422 g/mol. The molecule has 1 amide bonds. The molecule has 1 aromatic heterocycles. The molecule has 30 heavy (non-hydrogen) atoms. The molecule has 0 aliphatic heterocycles. The summed E-state index contributed by atoms with van der Waals surface area (Å²) in [5.41, 5.74) is 2.47. The summed E-state index contributed by atoms with van der Waals surface area (Å²) in [5.74, 6) is 1.34. The Labute approximate surface area is 181 Å². The van der Waals surface area contributed by atoms with Gasteiger partial charge in [-0.25, -0.2) is 4.98 Å². The Morgan fingerprint density at radius 3 is 2.30 bits per heavy atom. The lowest BCUT2D eigenvalue weighted by Gasteiger charge is -2.20. The van der Waals surface area contributed by atoms with Gasteiger partial charge in [0.1, 0.15) is 11.5 Å². The molecule has 0 fully saturated rings. The zero-order chi connectivity index (χ0) is 21.5. The summed E-state index contributed by atoms with van der Waals surface area (Å²) in [6.07, 6.45) is 3.38. The van der Waals surface area contributed by atoms with Crippen molar-refractivity contribution in [1.82, 2.24) is 4.98 Å². The van der Waals surface area contributed by atoms with Crippen LogP contribution < -0.4 is 14.4 Å². The maximum atomic E-state index is 12.6. The number of hydrogen-bond donors (Lipinski definition) is 0. The van der Waals surface area contributed by atoms with Gasteiger partial charge in [0.15, 0.2) is 5.13 Å². The van der Waals surface area contributed by atoms with Crippen molar-refractivity contribution in [3.05, 3.63) is 66.6 Å². The Bertz CT molecular complexity index is 976. The second kappa shape index (κ2) is 10.1. The van der Waals surface area contributed by atoms with Crippen molar-refractivity contribution in [2.45, 2.75) is 32.8 Å². The van der Waals surface area contributed by atoms with E-state index in [1.54, 1.807) is 12.0 Å². The van der Waals surface area contributed by atoms with Gasteiger partial charge in [0.05, 0.1) is 24.6 Å². The van der Waals surface area contributed by atoms with Crippen LogP contribution in [0.4, 0.5) is 10.8 Å². The van der Waals surface area contributed by atoms with Crippen molar-refractivity contribution < 1.29 is 14.3 Å². The van der Waals surface area contributed by atoms with Crippen LogP contribution in [0.25, 0.3) is 11.3 Å². The number of methoxy groups -OCH3 is 1. The number of thiazole rings is 1. The molecule has 0 saturated heterocycles. The Morgan fingerprint density at radius 1 is 1.10 bits per heavy atom. The van der Waals surface area contributed by atoms with E-state index in [4.69, 9.17) is 9.47 Å². The minimum Gasteiger partial charge on any atom is -0.497 e. The van der Waals surface area contributed by atoms with Crippen molar-refractivity contribution in [2.24, 2.45) is 0 Å². The molecule has 156 valence electrons. The van der Waals surface area contributed by atoms with Crippen molar-refractivity contribution in [3.63, 3.8) is 0 Å². The van der Waals surface area contributed by atoms with Gasteiger partial charge in [-0.1, -0.05) is 20.4 Å². The lowest BCUT2D eigenvalue weighted by atomic mass is 10.2. The first-order valence-electron chi connectivity index (χ1n) is 9.92. The summed E-state index contributed by atoms with van der Waals surface area (Å²) in [5, 5.41) is 2.52. The zero-order valence-corrected chi connectivity index (χ0v) is 18.3. The number of ether oxygens (including phenoxy) is 2. The highest BCUT2D eigenvalue weighted by Crippen LogP contribution is 2.34. The number of anilines is 2. The molecule has 6 heteroatoms. The van der Waals surface area contributed by atoms with Crippen LogP contribution >= 0.6 is 11.3 Å². The van der Waals surface area contributed by atoms with Gasteiger partial charge in [0.25, 0.3) is 5.91 Å². The van der Waals surface area contributed by atoms with Gasteiger partial charge in [-0.15, -0.1) is 11.3 Å². The summed E-state index contributed by atoms with van der Waals surface area (Å²) in [6.45, 7) is 7.86. The molecule has 0 aliphatic rings. The summed E-state index contributed by atoms with van der Waals surface area (Å²) < 4.78 is 11.2. The second-order valence-corrected chi connectivity index (χ2v) is 7.51. The smallest absolute Gasteiger partial charge is 0.256 e. The van der Waals surface area contributed by atoms with E-state index in [2.05, 4.69) is 25.4 Å². The molecule has 0 bridgehead atoms. The van der Waals surface area contributed by atoms with Gasteiger partial charge in [0, 0.05) is 10.9 Å². The Hall–Kier alpha value is -3.12. The summed E-state index contributed by atoms with van der Waals surface area (Å²) in [4.78, 5) is 18.9. The van der Waals surface area contributed by atoms with Crippen LogP contribution in [0.1, 0.15) is 26.7 Å². The average molecular weight is 423 g/mol. The molecule has 1 heterocycles. The molecular weight excluding hydrogens is 396 g/mol. The minimum atomic E-state index is -0.237. The fraction of sp³-hybridized carbons (Fsp3) is 0.250. The molecule has 0 saturated carbocycles. The highest BCUT2D eigenvalue weighted by molar-refractivity contribution is 7.14. The van der Waals surface area contributed by atoms with Crippen molar-refractivity contribution in [2.75, 3.05) is 12.0 Å². The predicted molar refractivity (Wildman–Crippen MR) is 123 cm³/mol. The van der Waals surface area contributed by atoms with Gasteiger partial charge in [0.2, 0.25) is 0 Å². The number of amides is 1. The first-order valence-corrected chi connectivity index (χ1v) is 10.8. The first-order chi connectivity index (χ1) is 14.6. The lowest BCUT2D eigenvalue weighted by Crippen LogP contribution is -2.23. The van der Waals surface area contributed by atoms with Crippen molar-refractivity contribution in [3.8, 4) is 22.8 Å². The van der Waals surface area contributed by atoms with Crippen molar-refractivity contribution >= 4 is 28.1 Å². The number of hydrogen-bond acceptors (Lipinski definition) is 5. The average Bonchev–Trinajstić information content (AvgIpc) is 3.28. The van der Waals surface area contributed by atoms with E-state index in [0.717, 1.165) is 35.6 Å². The summed E-state index contributed by atoms with van der Waals surface area (Å²) in [7, 11) is 1.63. The van der Waals surface area contributed by atoms with E-state index >= 15 is 0 Å². The van der Waals surface area contributed by atoms with E-state index in [-0.39, 0.29) is 12.0 Å². The van der Waals surface area contributed by atoms with Gasteiger partial charge in [-0.05, 0) is 67.4 Å². The quantitative estimate of drug-likeness (QED) is 0.383. The van der Waals surface area contributed by atoms with Crippen LogP contribution in [-0.4, -0.2) is 24.1 Å². The maximum Gasteiger partial charge on any atom is 0.256 e. The standard InChI is InChI=1S/C24H26N2O3S/c1-5-19(6-2)29-21-14-10-18(11-15-21)26(23(27)7-3)24-25-22(16-30-24)17-8-12-20(28-4)13-9-17/h7-16,19H,3,5-6H2,1-2,4H3. The Morgan fingerprint density at radius 2 is 1.73 bits per heavy atom. The van der Waals surface area contributed by atoms with Gasteiger partial charge >= 0.3 is 0 Å². The lowest BCUT2D eigenvalue weighted by molar-refractivity contribution is -0.113. The first kappa shape index (κ1) is 21.6. The van der Waals surface area contributed by atoms with E-state index in [1.165, 1.54) is 17.4 Å². The SMILES string of the molecule is C=CC(=O)N(c1ccc(OC(CC)CC)cc1)c1nc(-c2ccc(OC)cc2)cs1. The third kappa shape index (κ3) is 4.89. The van der Waals surface area contributed by atoms with E-state index in [9.17, 15) is 4.79 Å². The third-order valence-electron chi connectivity index (χ3n) is 4.77.